The number of anilines is 1. The molecule has 0 atom stereocenters. The lowest BCUT2D eigenvalue weighted by Gasteiger charge is -2.12. The monoisotopic (exact) mass is 461 g/mol. The van der Waals surface area contributed by atoms with E-state index >= 15 is 0 Å². The molecule has 34 heavy (non-hydrogen) atoms. The molecule has 0 heterocycles. The van der Waals surface area contributed by atoms with Crippen molar-refractivity contribution in [1.29, 1.82) is 0 Å². The highest BCUT2D eigenvalue weighted by Crippen LogP contribution is 2.22. The molecule has 3 aromatic rings. The molecule has 0 spiro atoms. The van der Waals surface area contributed by atoms with E-state index in [2.05, 4.69) is 16.0 Å². The van der Waals surface area contributed by atoms with Gasteiger partial charge >= 0.3 is 0 Å². The maximum atomic E-state index is 12.6. The molecule has 3 rings (SSSR count). The zero-order valence-electron chi connectivity index (χ0n) is 19.1. The predicted molar refractivity (Wildman–Crippen MR) is 129 cm³/mol. The maximum absolute atomic E-state index is 12.6. The van der Waals surface area contributed by atoms with Gasteiger partial charge in [0.2, 0.25) is 5.91 Å². The number of amides is 3. The van der Waals surface area contributed by atoms with Gasteiger partial charge in [0.1, 0.15) is 11.5 Å². The van der Waals surface area contributed by atoms with Crippen molar-refractivity contribution in [2.75, 3.05) is 26.1 Å². The number of nitrogens with one attached hydrogen (secondary N) is 3. The first-order chi connectivity index (χ1) is 16.5. The summed E-state index contributed by atoms with van der Waals surface area (Å²) >= 11 is 0. The van der Waals surface area contributed by atoms with Crippen LogP contribution in [0.25, 0.3) is 0 Å². The van der Waals surface area contributed by atoms with Gasteiger partial charge < -0.3 is 25.4 Å². The fourth-order valence-electron chi connectivity index (χ4n) is 3.21. The second-order valence-electron chi connectivity index (χ2n) is 7.37. The molecule has 3 aromatic carbocycles. The normalized spacial score (nSPS) is 10.2. The highest BCUT2D eigenvalue weighted by Gasteiger charge is 2.14. The van der Waals surface area contributed by atoms with Gasteiger partial charge in [-0.2, -0.15) is 0 Å². The topological polar surface area (TPSA) is 106 Å². The van der Waals surface area contributed by atoms with E-state index in [9.17, 15) is 14.4 Å². The van der Waals surface area contributed by atoms with Gasteiger partial charge in [-0.3, -0.25) is 14.4 Å². The van der Waals surface area contributed by atoms with Gasteiger partial charge in [-0.15, -0.1) is 0 Å². The Balaban J connectivity index is 1.53. The molecule has 0 saturated heterocycles. The van der Waals surface area contributed by atoms with Crippen molar-refractivity contribution in [3.8, 4) is 11.5 Å². The standard InChI is InChI=1S/C26H27N3O5/c1-33-20-14-19(15-21(16-20)34-2)25(31)27-13-12-24(30)29-23-11-7-6-10-22(23)26(32)28-17-18-8-4-3-5-9-18/h3-11,14-16H,12-13,17H2,1-2H3,(H,27,31)(H,28,32)(H,29,30). The first-order valence-corrected chi connectivity index (χ1v) is 10.7. The lowest BCUT2D eigenvalue weighted by atomic mass is 10.1. The first kappa shape index (κ1) is 24.3. The van der Waals surface area contributed by atoms with E-state index in [1.165, 1.54) is 14.2 Å². The van der Waals surface area contributed by atoms with Crippen LogP contribution in [0.1, 0.15) is 32.7 Å². The van der Waals surface area contributed by atoms with Gasteiger partial charge in [-0.25, -0.2) is 0 Å². The summed E-state index contributed by atoms with van der Waals surface area (Å²) in [6.07, 6.45) is 0.0345. The molecule has 0 aliphatic rings. The molecule has 0 aliphatic heterocycles. The summed E-state index contributed by atoms with van der Waals surface area (Å²) in [6, 6.07) is 21.2. The number of ether oxygens (including phenoxy) is 2. The number of carbonyl (C=O) groups is 3. The number of hydrogen-bond donors (Lipinski definition) is 3. The van der Waals surface area contributed by atoms with E-state index in [4.69, 9.17) is 9.47 Å². The Kier molecular flexibility index (Phi) is 8.62. The average Bonchev–Trinajstić information content (AvgIpc) is 2.87. The van der Waals surface area contributed by atoms with Gasteiger partial charge in [0.25, 0.3) is 11.8 Å². The third kappa shape index (κ3) is 6.83. The van der Waals surface area contributed by atoms with Crippen molar-refractivity contribution in [2.24, 2.45) is 0 Å². The summed E-state index contributed by atoms with van der Waals surface area (Å²) < 4.78 is 10.3. The number of methoxy groups -OCH3 is 2. The van der Waals surface area contributed by atoms with Crippen molar-refractivity contribution in [3.05, 3.63) is 89.5 Å². The summed E-state index contributed by atoms with van der Waals surface area (Å²) in [4.78, 5) is 37.5. The van der Waals surface area contributed by atoms with E-state index in [0.717, 1.165) is 5.56 Å². The third-order valence-corrected chi connectivity index (χ3v) is 4.99. The Hall–Kier alpha value is -4.33. The summed E-state index contributed by atoms with van der Waals surface area (Å²) in [5, 5.41) is 8.31. The first-order valence-electron chi connectivity index (χ1n) is 10.7. The molecular weight excluding hydrogens is 434 g/mol. The quantitative estimate of drug-likeness (QED) is 0.429. The van der Waals surface area contributed by atoms with Crippen LogP contribution in [-0.4, -0.2) is 38.5 Å². The minimum absolute atomic E-state index is 0.0345. The second-order valence-corrected chi connectivity index (χ2v) is 7.37. The maximum Gasteiger partial charge on any atom is 0.253 e. The van der Waals surface area contributed by atoms with Crippen molar-refractivity contribution in [2.45, 2.75) is 13.0 Å². The highest BCUT2D eigenvalue weighted by atomic mass is 16.5. The molecular formula is C26H27N3O5. The molecule has 0 unspecified atom stereocenters. The van der Waals surface area contributed by atoms with Crippen LogP contribution in [0, 0.1) is 0 Å². The van der Waals surface area contributed by atoms with Gasteiger partial charge in [0.05, 0.1) is 25.5 Å². The van der Waals surface area contributed by atoms with E-state index < -0.39 is 0 Å². The zero-order valence-corrected chi connectivity index (χ0v) is 19.1. The Labute approximate surface area is 198 Å². The van der Waals surface area contributed by atoms with Crippen LogP contribution >= 0.6 is 0 Å². The van der Waals surface area contributed by atoms with Crippen LogP contribution in [0.2, 0.25) is 0 Å². The van der Waals surface area contributed by atoms with Crippen LogP contribution in [0.4, 0.5) is 5.69 Å². The Morgan fingerprint density at radius 1 is 0.765 bits per heavy atom. The molecule has 3 amide bonds. The second kappa shape index (κ2) is 12.1. The van der Waals surface area contributed by atoms with Gasteiger partial charge in [0.15, 0.2) is 0 Å². The van der Waals surface area contributed by atoms with Crippen molar-refractivity contribution in [3.63, 3.8) is 0 Å². The van der Waals surface area contributed by atoms with E-state index in [1.807, 2.05) is 30.3 Å². The lowest BCUT2D eigenvalue weighted by Crippen LogP contribution is -2.28. The van der Waals surface area contributed by atoms with Crippen LogP contribution in [0.15, 0.2) is 72.8 Å². The molecule has 0 radical (unpaired) electrons. The minimum atomic E-state index is -0.356. The smallest absolute Gasteiger partial charge is 0.253 e. The minimum Gasteiger partial charge on any atom is -0.497 e. The molecule has 8 heteroatoms. The van der Waals surface area contributed by atoms with E-state index in [1.54, 1.807) is 42.5 Å². The highest BCUT2D eigenvalue weighted by molar-refractivity contribution is 6.04. The zero-order chi connectivity index (χ0) is 24.3. The number of benzene rings is 3. The molecule has 0 aromatic heterocycles. The fraction of sp³-hybridized carbons (Fsp3) is 0.192. The van der Waals surface area contributed by atoms with Crippen molar-refractivity contribution < 1.29 is 23.9 Å². The Morgan fingerprint density at radius 2 is 1.41 bits per heavy atom. The number of para-hydroxylation sites is 1. The van der Waals surface area contributed by atoms with Gasteiger partial charge in [-0.05, 0) is 29.8 Å². The average molecular weight is 462 g/mol. The molecule has 0 fully saturated rings. The molecule has 0 bridgehead atoms. The van der Waals surface area contributed by atoms with Crippen molar-refractivity contribution in [1.82, 2.24) is 10.6 Å². The third-order valence-electron chi connectivity index (χ3n) is 4.99. The largest absolute Gasteiger partial charge is 0.497 e. The fourth-order valence-corrected chi connectivity index (χ4v) is 3.21. The number of rotatable bonds is 10. The molecule has 8 nitrogen and oxygen atoms in total. The summed E-state index contributed by atoms with van der Waals surface area (Å²) in [5.41, 5.74) is 2.10. The van der Waals surface area contributed by atoms with Crippen LogP contribution < -0.4 is 25.4 Å². The Morgan fingerprint density at radius 3 is 2.09 bits per heavy atom. The lowest BCUT2D eigenvalue weighted by molar-refractivity contribution is -0.116. The number of hydrogen-bond acceptors (Lipinski definition) is 5. The van der Waals surface area contributed by atoms with Gasteiger partial charge in [0, 0.05) is 31.1 Å². The van der Waals surface area contributed by atoms with Gasteiger partial charge in [-0.1, -0.05) is 42.5 Å². The van der Waals surface area contributed by atoms with Crippen LogP contribution in [0.5, 0.6) is 11.5 Å². The summed E-state index contributed by atoms with van der Waals surface area (Å²) in [5.74, 6) is 0.00586. The summed E-state index contributed by atoms with van der Waals surface area (Å²) in [7, 11) is 3.00. The van der Waals surface area contributed by atoms with Crippen LogP contribution in [0.3, 0.4) is 0 Å². The molecule has 3 N–H and O–H groups in total. The SMILES string of the molecule is COc1cc(OC)cc(C(=O)NCCC(=O)Nc2ccccc2C(=O)NCc2ccccc2)c1. The van der Waals surface area contributed by atoms with E-state index in [-0.39, 0.29) is 30.7 Å². The predicted octanol–water partition coefficient (Wildman–Crippen LogP) is 3.39. The van der Waals surface area contributed by atoms with E-state index in [0.29, 0.717) is 34.9 Å². The number of carbonyl (C=O) groups excluding carboxylic acids is 3. The van der Waals surface area contributed by atoms with Crippen molar-refractivity contribution >= 4 is 23.4 Å². The summed E-state index contributed by atoms with van der Waals surface area (Å²) in [6.45, 7) is 0.496. The Bertz CT molecular complexity index is 1130. The molecule has 0 saturated carbocycles. The van der Waals surface area contributed by atoms with Crippen LogP contribution in [-0.2, 0) is 11.3 Å². The molecule has 0 aliphatic carbocycles. The molecule has 176 valence electrons.